The molecule has 2 aromatic carbocycles. The number of hydrogen-bond acceptors (Lipinski definition) is 3. The van der Waals surface area contributed by atoms with Gasteiger partial charge in [-0.15, -0.1) is 0 Å². The third kappa shape index (κ3) is 3.12. The van der Waals surface area contributed by atoms with Crippen LogP contribution in [-0.4, -0.2) is 10.9 Å². The van der Waals surface area contributed by atoms with Gasteiger partial charge >= 0.3 is 0 Å². The molecule has 4 heteroatoms. The van der Waals surface area contributed by atoms with Gasteiger partial charge in [0.15, 0.2) is 0 Å². The third-order valence-electron chi connectivity index (χ3n) is 3.13. The van der Waals surface area contributed by atoms with Crippen LogP contribution in [0.15, 0.2) is 72.8 Å². The Bertz CT molecular complexity index is 784. The predicted molar refractivity (Wildman–Crippen MR) is 84.7 cm³/mol. The average Bonchev–Trinajstić information content (AvgIpc) is 2.56. The van der Waals surface area contributed by atoms with Gasteiger partial charge in [0.2, 0.25) is 0 Å². The zero-order chi connectivity index (χ0) is 15.4. The summed E-state index contributed by atoms with van der Waals surface area (Å²) in [6.07, 6.45) is 0. The molecule has 4 nitrogen and oxygen atoms in total. The van der Waals surface area contributed by atoms with E-state index < -0.39 is 5.91 Å². The summed E-state index contributed by atoms with van der Waals surface area (Å²) in [7, 11) is 0. The highest BCUT2D eigenvalue weighted by Gasteiger charge is 2.05. The van der Waals surface area contributed by atoms with Crippen LogP contribution in [0, 0.1) is 0 Å². The number of rotatable bonds is 4. The van der Waals surface area contributed by atoms with Gasteiger partial charge in [0.25, 0.3) is 5.91 Å². The number of nitrogens with two attached hydrogens (primary N) is 1. The molecule has 0 aliphatic heterocycles. The summed E-state index contributed by atoms with van der Waals surface area (Å²) >= 11 is 0. The van der Waals surface area contributed by atoms with Crippen LogP contribution in [0.25, 0.3) is 11.3 Å². The van der Waals surface area contributed by atoms with Gasteiger partial charge in [-0.3, -0.25) is 4.79 Å². The van der Waals surface area contributed by atoms with E-state index in [-0.39, 0.29) is 5.69 Å². The number of pyridine rings is 1. The van der Waals surface area contributed by atoms with Crippen LogP contribution in [0.2, 0.25) is 0 Å². The number of primary amides is 1. The van der Waals surface area contributed by atoms with E-state index in [4.69, 9.17) is 10.5 Å². The summed E-state index contributed by atoms with van der Waals surface area (Å²) in [6.45, 7) is 0. The fourth-order valence-electron chi connectivity index (χ4n) is 2.05. The minimum atomic E-state index is -0.536. The van der Waals surface area contributed by atoms with Crippen molar-refractivity contribution in [1.29, 1.82) is 0 Å². The second-order valence-electron chi connectivity index (χ2n) is 4.71. The lowest BCUT2D eigenvalue weighted by atomic mass is 10.1. The van der Waals surface area contributed by atoms with E-state index in [0.717, 1.165) is 17.1 Å². The van der Waals surface area contributed by atoms with Crippen LogP contribution in [-0.2, 0) is 0 Å². The van der Waals surface area contributed by atoms with Crippen LogP contribution < -0.4 is 10.5 Å². The first kappa shape index (κ1) is 13.8. The molecule has 0 aliphatic carbocycles. The molecule has 0 spiro atoms. The predicted octanol–water partition coefficient (Wildman–Crippen LogP) is 3.64. The minimum Gasteiger partial charge on any atom is -0.457 e. The number of carbonyl (C=O) groups is 1. The number of carbonyl (C=O) groups excluding carboxylic acids is 1. The fraction of sp³-hybridized carbons (Fsp3) is 0. The van der Waals surface area contributed by atoms with Gasteiger partial charge in [-0.1, -0.05) is 24.3 Å². The average molecular weight is 290 g/mol. The maximum absolute atomic E-state index is 11.2. The third-order valence-corrected chi connectivity index (χ3v) is 3.13. The molecule has 0 aliphatic rings. The summed E-state index contributed by atoms with van der Waals surface area (Å²) in [5.41, 5.74) is 7.09. The summed E-state index contributed by atoms with van der Waals surface area (Å²) in [5.74, 6) is 0.982. The first-order valence-corrected chi connectivity index (χ1v) is 6.82. The Morgan fingerprint density at radius 2 is 1.50 bits per heavy atom. The van der Waals surface area contributed by atoms with Gasteiger partial charge in [-0.25, -0.2) is 4.98 Å². The standard InChI is InChI=1S/C18H14N2O2/c19-18(21)17-8-4-7-16(20-17)13-9-11-15(12-10-13)22-14-5-2-1-3-6-14/h1-12H,(H2,19,21). The Kier molecular flexibility index (Phi) is 3.83. The molecule has 1 heterocycles. The first-order chi connectivity index (χ1) is 10.7. The van der Waals surface area contributed by atoms with Crippen molar-refractivity contribution in [2.24, 2.45) is 5.73 Å². The molecular weight excluding hydrogens is 276 g/mol. The van der Waals surface area contributed by atoms with Crippen LogP contribution in [0.1, 0.15) is 10.5 Å². The molecular formula is C18H14N2O2. The molecule has 3 aromatic rings. The van der Waals surface area contributed by atoms with Crippen molar-refractivity contribution in [3.63, 3.8) is 0 Å². The second kappa shape index (κ2) is 6.10. The summed E-state index contributed by atoms with van der Waals surface area (Å²) < 4.78 is 5.74. The maximum atomic E-state index is 11.2. The van der Waals surface area contributed by atoms with E-state index in [1.54, 1.807) is 12.1 Å². The number of benzene rings is 2. The Morgan fingerprint density at radius 1 is 0.818 bits per heavy atom. The number of para-hydroxylation sites is 1. The molecule has 0 saturated heterocycles. The van der Waals surface area contributed by atoms with E-state index in [2.05, 4.69) is 4.98 Å². The van der Waals surface area contributed by atoms with Gasteiger partial charge in [-0.2, -0.15) is 0 Å². The maximum Gasteiger partial charge on any atom is 0.267 e. The molecule has 0 atom stereocenters. The van der Waals surface area contributed by atoms with Crippen LogP contribution >= 0.6 is 0 Å². The summed E-state index contributed by atoms with van der Waals surface area (Å²) in [4.78, 5) is 15.4. The Labute approximate surface area is 128 Å². The van der Waals surface area contributed by atoms with E-state index in [1.807, 2.05) is 60.7 Å². The van der Waals surface area contributed by atoms with E-state index in [9.17, 15) is 4.79 Å². The van der Waals surface area contributed by atoms with Gasteiger partial charge in [0, 0.05) is 5.56 Å². The molecule has 2 N–H and O–H groups in total. The van der Waals surface area contributed by atoms with Crippen molar-refractivity contribution in [1.82, 2.24) is 4.98 Å². The second-order valence-corrected chi connectivity index (χ2v) is 4.71. The molecule has 22 heavy (non-hydrogen) atoms. The topological polar surface area (TPSA) is 65.2 Å². The van der Waals surface area contributed by atoms with Gasteiger partial charge < -0.3 is 10.5 Å². The molecule has 1 amide bonds. The van der Waals surface area contributed by atoms with Crippen LogP contribution in [0.3, 0.4) is 0 Å². The number of aromatic nitrogens is 1. The highest BCUT2D eigenvalue weighted by atomic mass is 16.5. The lowest BCUT2D eigenvalue weighted by molar-refractivity contribution is 0.0995. The Morgan fingerprint density at radius 3 is 2.18 bits per heavy atom. The molecule has 108 valence electrons. The smallest absolute Gasteiger partial charge is 0.267 e. The SMILES string of the molecule is NC(=O)c1cccc(-c2ccc(Oc3ccccc3)cc2)n1. The molecule has 0 bridgehead atoms. The van der Waals surface area contributed by atoms with Crippen molar-refractivity contribution in [2.75, 3.05) is 0 Å². The van der Waals surface area contributed by atoms with Crippen molar-refractivity contribution in [2.45, 2.75) is 0 Å². The lowest BCUT2D eigenvalue weighted by Crippen LogP contribution is -2.12. The minimum absolute atomic E-state index is 0.252. The van der Waals surface area contributed by atoms with Crippen LogP contribution in [0.5, 0.6) is 11.5 Å². The normalized spacial score (nSPS) is 10.2. The van der Waals surface area contributed by atoms with Crippen molar-refractivity contribution in [3.8, 4) is 22.8 Å². The van der Waals surface area contributed by atoms with Gasteiger partial charge in [-0.05, 0) is 48.5 Å². The molecule has 3 rings (SSSR count). The number of nitrogens with zero attached hydrogens (tertiary/aromatic N) is 1. The first-order valence-electron chi connectivity index (χ1n) is 6.82. The number of amides is 1. The Balaban J connectivity index is 1.82. The van der Waals surface area contributed by atoms with E-state index in [1.165, 1.54) is 0 Å². The highest BCUT2D eigenvalue weighted by Crippen LogP contribution is 2.24. The van der Waals surface area contributed by atoms with Crippen LogP contribution in [0.4, 0.5) is 0 Å². The van der Waals surface area contributed by atoms with Crippen molar-refractivity contribution >= 4 is 5.91 Å². The molecule has 0 radical (unpaired) electrons. The zero-order valence-electron chi connectivity index (χ0n) is 11.8. The van der Waals surface area contributed by atoms with Crippen molar-refractivity contribution < 1.29 is 9.53 Å². The van der Waals surface area contributed by atoms with E-state index >= 15 is 0 Å². The number of hydrogen-bond donors (Lipinski definition) is 1. The number of ether oxygens (including phenoxy) is 1. The molecule has 1 aromatic heterocycles. The van der Waals surface area contributed by atoms with Gasteiger partial charge in [0.1, 0.15) is 17.2 Å². The molecule has 0 fully saturated rings. The largest absolute Gasteiger partial charge is 0.457 e. The van der Waals surface area contributed by atoms with E-state index in [0.29, 0.717) is 5.69 Å². The highest BCUT2D eigenvalue weighted by molar-refractivity contribution is 5.91. The monoisotopic (exact) mass is 290 g/mol. The van der Waals surface area contributed by atoms with Gasteiger partial charge in [0.05, 0.1) is 5.69 Å². The summed E-state index contributed by atoms with van der Waals surface area (Å²) in [6, 6.07) is 22.3. The Hall–Kier alpha value is -3.14. The fourth-order valence-corrected chi connectivity index (χ4v) is 2.05. The lowest BCUT2D eigenvalue weighted by Gasteiger charge is -2.07. The quantitative estimate of drug-likeness (QED) is 0.797. The molecule has 0 unspecified atom stereocenters. The zero-order valence-corrected chi connectivity index (χ0v) is 11.8. The summed E-state index contributed by atoms with van der Waals surface area (Å²) in [5, 5.41) is 0. The molecule has 0 saturated carbocycles. The van der Waals surface area contributed by atoms with Crippen molar-refractivity contribution in [3.05, 3.63) is 78.5 Å².